The first-order chi connectivity index (χ1) is 8.15. The minimum absolute atomic E-state index is 0.593. The summed E-state index contributed by atoms with van der Waals surface area (Å²) >= 11 is 18.1. The van der Waals surface area contributed by atoms with Crippen LogP contribution < -0.4 is 5.32 Å². The minimum atomic E-state index is 0.593. The Balaban J connectivity index is 2.36. The van der Waals surface area contributed by atoms with E-state index in [4.69, 9.17) is 34.8 Å². The van der Waals surface area contributed by atoms with Crippen LogP contribution in [0.5, 0.6) is 0 Å². The molecule has 1 nitrogen and oxygen atoms in total. The molecule has 1 aromatic rings. The Hall–Kier alpha value is 0.0500. The van der Waals surface area contributed by atoms with Gasteiger partial charge < -0.3 is 5.32 Å². The second kappa shape index (κ2) is 8.20. The normalized spacial score (nSPS) is 10.8. The first-order valence-corrected chi connectivity index (χ1v) is 7.12. The zero-order valence-electron chi connectivity index (χ0n) is 10.0. The molecule has 17 heavy (non-hydrogen) atoms. The van der Waals surface area contributed by atoms with Crippen molar-refractivity contribution >= 4 is 34.8 Å². The van der Waals surface area contributed by atoms with Gasteiger partial charge in [0, 0.05) is 15.1 Å². The third-order valence-corrected chi connectivity index (χ3v) is 3.53. The van der Waals surface area contributed by atoms with Crippen molar-refractivity contribution < 1.29 is 0 Å². The summed E-state index contributed by atoms with van der Waals surface area (Å²) in [5, 5.41) is 5.25. The molecule has 0 atom stereocenters. The van der Waals surface area contributed by atoms with Gasteiger partial charge in [0.15, 0.2) is 0 Å². The lowest BCUT2D eigenvalue weighted by molar-refractivity contribution is 0.617. The number of hydrogen-bond donors (Lipinski definition) is 1. The molecule has 0 bridgehead atoms. The Labute approximate surface area is 118 Å². The van der Waals surface area contributed by atoms with Gasteiger partial charge in [0.1, 0.15) is 0 Å². The molecule has 0 unspecified atom stereocenters. The summed E-state index contributed by atoms with van der Waals surface area (Å²) in [7, 11) is 0. The summed E-state index contributed by atoms with van der Waals surface area (Å²) < 4.78 is 0. The third-order valence-electron chi connectivity index (χ3n) is 2.64. The molecule has 4 heteroatoms. The highest BCUT2D eigenvalue weighted by atomic mass is 35.5. The number of halogens is 3. The second-order valence-corrected chi connectivity index (χ2v) is 5.26. The SMILES string of the molecule is CCNCCCCCc1c(Cl)cc(Cl)cc1Cl. The molecule has 0 heterocycles. The van der Waals surface area contributed by atoms with E-state index < -0.39 is 0 Å². The molecule has 1 rings (SSSR count). The van der Waals surface area contributed by atoms with E-state index >= 15 is 0 Å². The van der Waals surface area contributed by atoms with Crippen LogP contribution in [0, 0.1) is 0 Å². The minimum Gasteiger partial charge on any atom is -0.317 e. The highest BCUT2D eigenvalue weighted by Gasteiger charge is 2.07. The zero-order chi connectivity index (χ0) is 12.7. The Bertz CT molecular complexity index is 330. The predicted molar refractivity (Wildman–Crippen MR) is 77.6 cm³/mol. The first kappa shape index (κ1) is 15.1. The van der Waals surface area contributed by atoms with E-state index in [2.05, 4.69) is 12.2 Å². The van der Waals surface area contributed by atoms with Crippen molar-refractivity contribution in [2.45, 2.75) is 32.6 Å². The van der Waals surface area contributed by atoms with Gasteiger partial charge in [-0.15, -0.1) is 0 Å². The maximum atomic E-state index is 6.12. The van der Waals surface area contributed by atoms with E-state index in [0.717, 1.165) is 31.5 Å². The van der Waals surface area contributed by atoms with E-state index in [9.17, 15) is 0 Å². The molecule has 0 aliphatic rings. The molecule has 0 saturated carbocycles. The molecular weight excluding hydrogens is 277 g/mol. The molecule has 0 amide bonds. The number of benzene rings is 1. The van der Waals surface area contributed by atoms with Crippen LogP contribution in [0.3, 0.4) is 0 Å². The molecule has 0 saturated heterocycles. The summed E-state index contributed by atoms with van der Waals surface area (Å²) in [5.74, 6) is 0. The van der Waals surface area contributed by atoms with E-state index in [-0.39, 0.29) is 0 Å². The molecule has 0 fully saturated rings. The highest BCUT2D eigenvalue weighted by molar-refractivity contribution is 6.39. The van der Waals surface area contributed by atoms with Crippen LogP contribution in [-0.2, 0) is 6.42 Å². The monoisotopic (exact) mass is 293 g/mol. The largest absolute Gasteiger partial charge is 0.317 e. The van der Waals surface area contributed by atoms with E-state index in [1.165, 1.54) is 12.8 Å². The average molecular weight is 295 g/mol. The van der Waals surface area contributed by atoms with Crippen molar-refractivity contribution in [2.75, 3.05) is 13.1 Å². The van der Waals surface area contributed by atoms with Gasteiger partial charge in [0.25, 0.3) is 0 Å². The standard InChI is InChI=1S/C13H18Cl3N/c1-2-17-7-5-3-4-6-11-12(15)8-10(14)9-13(11)16/h8-9,17H,2-7H2,1H3. The fourth-order valence-electron chi connectivity index (χ4n) is 1.72. The number of unbranched alkanes of at least 4 members (excludes halogenated alkanes) is 2. The van der Waals surface area contributed by atoms with Gasteiger partial charge in [0.05, 0.1) is 0 Å². The summed E-state index contributed by atoms with van der Waals surface area (Å²) in [6.07, 6.45) is 4.40. The van der Waals surface area contributed by atoms with Crippen LogP contribution in [0.1, 0.15) is 31.7 Å². The van der Waals surface area contributed by atoms with E-state index in [0.29, 0.717) is 15.1 Å². The van der Waals surface area contributed by atoms with Crippen molar-refractivity contribution in [1.29, 1.82) is 0 Å². The van der Waals surface area contributed by atoms with Gasteiger partial charge in [0.2, 0.25) is 0 Å². The van der Waals surface area contributed by atoms with Crippen molar-refractivity contribution in [3.05, 3.63) is 32.8 Å². The summed E-state index contributed by atoms with van der Waals surface area (Å²) in [4.78, 5) is 0. The Kier molecular flexibility index (Phi) is 7.29. The maximum Gasteiger partial charge on any atom is 0.0467 e. The van der Waals surface area contributed by atoms with Crippen molar-refractivity contribution in [3.8, 4) is 0 Å². The maximum absolute atomic E-state index is 6.12. The van der Waals surface area contributed by atoms with Crippen LogP contribution in [-0.4, -0.2) is 13.1 Å². The fraction of sp³-hybridized carbons (Fsp3) is 0.538. The average Bonchev–Trinajstić information content (AvgIpc) is 2.26. The van der Waals surface area contributed by atoms with E-state index in [1.54, 1.807) is 12.1 Å². The molecule has 0 radical (unpaired) electrons. The van der Waals surface area contributed by atoms with E-state index in [1.807, 2.05) is 0 Å². The Morgan fingerprint density at radius 1 is 1.00 bits per heavy atom. The quantitative estimate of drug-likeness (QED) is 0.700. The Morgan fingerprint density at radius 3 is 2.24 bits per heavy atom. The first-order valence-electron chi connectivity index (χ1n) is 5.99. The second-order valence-electron chi connectivity index (χ2n) is 4.01. The topological polar surface area (TPSA) is 12.0 Å². The van der Waals surface area contributed by atoms with Gasteiger partial charge in [-0.05, 0) is 50.0 Å². The molecule has 0 aromatic heterocycles. The van der Waals surface area contributed by atoms with Crippen LogP contribution in [0.15, 0.2) is 12.1 Å². The summed E-state index contributed by atoms with van der Waals surface area (Å²) in [5.41, 5.74) is 1.01. The van der Waals surface area contributed by atoms with Gasteiger partial charge in [-0.3, -0.25) is 0 Å². The van der Waals surface area contributed by atoms with Gasteiger partial charge in [-0.25, -0.2) is 0 Å². The highest BCUT2D eigenvalue weighted by Crippen LogP contribution is 2.30. The molecule has 0 spiro atoms. The Morgan fingerprint density at radius 2 is 1.65 bits per heavy atom. The van der Waals surface area contributed by atoms with Gasteiger partial charge in [-0.2, -0.15) is 0 Å². The van der Waals surface area contributed by atoms with Gasteiger partial charge in [-0.1, -0.05) is 48.1 Å². The lowest BCUT2D eigenvalue weighted by Gasteiger charge is -2.08. The van der Waals surface area contributed by atoms with Crippen LogP contribution >= 0.6 is 34.8 Å². The third kappa shape index (κ3) is 5.48. The van der Waals surface area contributed by atoms with Crippen molar-refractivity contribution in [3.63, 3.8) is 0 Å². The smallest absolute Gasteiger partial charge is 0.0467 e. The number of hydrogen-bond acceptors (Lipinski definition) is 1. The number of rotatable bonds is 7. The summed E-state index contributed by atoms with van der Waals surface area (Å²) in [6.45, 7) is 4.24. The molecule has 96 valence electrons. The van der Waals surface area contributed by atoms with Crippen molar-refractivity contribution in [2.24, 2.45) is 0 Å². The van der Waals surface area contributed by atoms with Crippen LogP contribution in [0.4, 0.5) is 0 Å². The van der Waals surface area contributed by atoms with Crippen LogP contribution in [0.25, 0.3) is 0 Å². The molecule has 0 aliphatic heterocycles. The lowest BCUT2D eigenvalue weighted by atomic mass is 10.1. The molecule has 1 N–H and O–H groups in total. The zero-order valence-corrected chi connectivity index (χ0v) is 12.3. The molecule has 1 aromatic carbocycles. The van der Waals surface area contributed by atoms with Crippen molar-refractivity contribution in [1.82, 2.24) is 5.32 Å². The fourth-order valence-corrected chi connectivity index (χ4v) is 2.72. The molecule has 0 aliphatic carbocycles. The number of nitrogens with one attached hydrogen (secondary N) is 1. The van der Waals surface area contributed by atoms with Crippen LogP contribution in [0.2, 0.25) is 15.1 Å². The van der Waals surface area contributed by atoms with Gasteiger partial charge >= 0.3 is 0 Å². The molecular formula is C13H18Cl3N. The summed E-state index contributed by atoms with van der Waals surface area (Å²) in [6, 6.07) is 3.51. The lowest BCUT2D eigenvalue weighted by Crippen LogP contribution is -2.13. The predicted octanol–water partition coefficient (Wildman–Crippen LogP) is 4.97.